The van der Waals surface area contributed by atoms with Gasteiger partial charge < -0.3 is 20.1 Å². The van der Waals surface area contributed by atoms with Crippen LogP contribution in [0.25, 0.3) is 0 Å². The number of methoxy groups -OCH3 is 2. The van der Waals surface area contributed by atoms with Gasteiger partial charge in [0, 0.05) is 18.9 Å². The van der Waals surface area contributed by atoms with Crippen LogP contribution in [0.1, 0.15) is 21.7 Å². The molecule has 0 aliphatic heterocycles. The van der Waals surface area contributed by atoms with Crippen LogP contribution in [0.5, 0.6) is 11.5 Å². The van der Waals surface area contributed by atoms with Crippen LogP contribution in [-0.4, -0.2) is 41.6 Å². The lowest BCUT2D eigenvalue weighted by molar-refractivity contribution is 0.0945. The number of rotatable bonds is 9. The Balaban J connectivity index is 1.54. The lowest BCUT2D eigenvalue weighted by atomic mass is 10.1. The largest absolute Gasteiger partial charge is 0.493 e. The monoisotopic (exact) mass is 393 g/mol. The quantitative estimate of drug-likeness (QED) is 0.576. The van der Waals surface area contributed by atoms with Crippen LogP contribution in [0.15, 0.2) is 54.9 Å². The summed E-state index contributed by atoms with van der Waals surface area (Å²) >= 11 is 0. The summed E-state index contributed by atoms with van der Waals surface area (Å²) in [5.74, 6) is 1.50. The van der Waals surface area contributed by atoms with E-state index in [9.17, 15) is 4.79 Å². The van der Waals surface area contributed by atoms with Crippen molar-refractivity contribution in [2.75, 3.05) is 26.1 Å². The highest BCUT2D eigenvalue weighted by Gasteiger charge is 2.09. The van der Waals surface area contributed by atoms with Gasteiger partial charge in [-0.1, -0.05) is 12.1 Å². The van der Waals surface area contributed by atoms with Crippen LogP contribution < -0.4 is 20.1 Å². The summed E-state index contributed by atoms with van der Waals surface area (Å²) in [5.41, 5.74) is 2.16. The summed E-state index contributed by atoms with van der Waals surface area (Å²) in [7, 11) is 3.22. The Hall–Kier alpha value is -3.68. The molecule has 0 atom stereocenters. The molecule has 0 aliphatic carbocycles. The Kier molecular flexibility index (Phi) is 6.94. The van der Waals surface area contributed by atoms with Crippen molar-refractivity contribution in [3.05, 3.63) is 71.8 Å². The molecule has 1 aromatic carbocycles. The summed E-state index contributed by atoms with van der Waals surface area (Å²) in [4.78, 5) is 24.9. The number of nitrogens with zero attached hydrogens (tertiary/aromatic N) is 3. The molecule has 3 aromatic rings. The van der Waals surface area contributed by atoms with Crippen LogP contribution in [0.3, 0.4) is 0 Å². The molecule has 8 heteroatoms. The maximum absolute atomic E-state index is 12.3. The van der Waals surface area contributed by atoms with Gasteiger partial charge in [-0.25, -0.2) is 9.97 Å². The van der Waals surface area contributed by atoms with E-state index in [1.54, 1.807) is 32.7 Å². The lowest BCUT2D eigenvalue weighted by Crippen LogP contribution is -2.24. The average Bonchev–Trinajstić information content (AvgIpc) is 2.78. The number of hydrogen-bond donors (Lipinski definition) is 2. The topological polar surface area (TPSA) is 98.3 Å². The maximum atomic E-state index is 12.3. The highest BCUT2D eigenvalue weighted by molar-refractivity contribution is 5.92. The van der Waals surface area contributed by atoms with Crippen molar-refractivity contribution in [2.24, 2.45) is 0 Å². The third-order valence-electron chi connectivity index (χ3n) is 4.19. The Bertz CT molecular complexity index is 950. The molecule has 3 rings (SSSR count). The Morgan fingerprint density at radius 1 is 1.00 bits per heavy atom. The molecule has 150 valence electrons. The van der Waals surface area contributed by atoms with Crippen molar-refractivity contribution in [1.82, 2.24) is 20.3 Å². The molecule has 0 saturated carbocycles. The number of pyridine rings is 1. The summed E-state index contributed by atoms with van der Waals surface area (Å²) in [6.07, 6.45) is 3.98. The van der Waals surface area contributed by atoms with Crippen molar-refractivity contribution >= 4 is 11.9 Å². The zero-order chi connectivity index (χ0) is 20.5. The molecule has 0 unspecified atom stereocenters. The van der Waals surface area contributed by atoms with Gasteiger partial charge in [-0.05, 0) is 42.3 Å². The van der Waals surface area contributed by atoms with Gasteiger partial charge in [0.15, 0.2) is 11.5 Å². The first kappa shape index (κ1) is 20.1. The molecular weight excluding hydrogens is 370 g/mol. The number of ether oxygens (including phenoxy) is 2. The van der Waals surface area contributed by atoms with Gasteiger partial charge in [0.2, 0.25) is 5.95 Å². The second-order valence-electron chi connectivity index (χ2n) is 6.14. The van der Waals surface area contributed by atoms with Crippen LogP contribution in [0.2, 0.25) is 0 Å². The van der Waals surface area contributed by atoms with Crippen molar-refractivity contribution in [1.29, 1.82) is 0 Å². The van der Waals surface area contributed by atoms with Gasteiger partial charge in [-0.2, -0.15) is 0 Å². The number of amides is 1. The van der Waals surface area contributed by atoms with E-state index in [1.807, 2.05) is 36.4 Å². The summed E-state index contributed by atoms with van der Waals surface area (Å²) in [6, 6.07) is 12.9. The van der Waals surface area contributed by atoms with Gasteiger partial charge in [0.1, 0.15) is 5.69 Å². The fraction of sp³-hybridized carbons (Fsp3) is 0.238. The number of hydrogen-bond acceptors (Lipinski definition) is 7. The normalized spacial score (nSPS) is 10.3. The molecule has 2 N–H and O–H groups in total. The number of benzene rings is 1. The van der Waals surface area contributed by atoms with Gasteiger partial charge in [0.25, 0.3) is 5.91 Å². The third kappa shape index (κ3) is 5.65. The predicted molar refractivity (Wildman–Crippen MR) is 109 cm³/mol. The van der Waals surface area contributed by atoms with Crippen LogP contribution in [0, 0.1) is 0 Å². The summed E-state index contributed by atoms with van der Waals surface area (Å²) in [6.45, 7) is 0.945. The molecule has 0 fully saturated rings. The smallest absolute Gasteiger partial charge is 0.270 e. The second kappa shape index (κ2) is 10.0. The van der Waals surface area contributed by atoms with E-state index in [2.05, 4.69) is 25.6 Å². The number of nitrogens with one attached hydrogen (secondary N) is 2. The fourth-order valence-electron chi connectivity index (χ4n) is 2.69. The molecule has 2 aromatic heterocycles. The molecular formula is C21H23N5O3. The first-order valence-corrected chi connectivity index (χ1v) is 9.15. The first-order chi connectivity index (χ1) is 14.2. The van der Waals surface area contributed by atoms with Crippen LogP contribution >= 0.6 is 0 Å². The highest BCUT2D eigenvalue weighted by atomic mass is 16.5. The zero-order valence-electron chi connectivity index (χ0n) is 16.4. The Labute approximate surface area is 169 Å². The molecule has 29 heavy (non-hydrogen) atoms. The summed E-state index contributed by atoms with van der Waals surface area (Å²) in [5, 5.41) is 5.94. The minimum atomic E-state index is -0.277. The fourth-order valence-corrected chi connectivity index (χ4v) is 2.69. The predicted octanol–water partition coefficient (Wildman–Crippen LogP) is 2.47. The number of aromatic nitrogens is 3. The van der Waals surface area contributed by atoms with E-state index in [0.29, 0.717) is 36.2 Å². The summed E-state index contributed by atoms with van der Waals surface area (Å²) < 4.78 is 10.6. The Morgan fingerprint density at radius 2 is 1.86 bits per heavy atom. The minimum absolute atomic E-state index is 0.277. The van der Waals surface area contributed by atoms with E-state index < -0.39 is 0 Å². The molecule has 1 amide bonds. The molecule has 0 radical (unpaired) electrons. The standard InChI is InChI=1S/C21H23N5O3/c1-28-18-7-6-15(13-19(18)29-2)8-11-23-21-24-12-9-17(26-21)20(27)25-14-16-5-3-4-10-22-16/h3-7,9-10,12-13H,8,11,14H2,1-2H3,(H,25,27)(H,23,24,26). The molecule has 0 spiro atoms. The van der Waals surface area contributed by atoms with Gasteiger partial charge in [-0.15, -0.1) is 0 Å². The van der Waals surface area contributed by atoms with Crippen molar-refractivity contribution in [3.8, 4) is 11.5 Å². The van der Waals surface area contributed by atoms with Crippen molar-refractivity contribution < 1.29 is 14.3 Å². The maximum Gasteiger partial charge on any atom is 0.270 e. The number of carbonyl (C=O) groups excluding carboxylic acids is 1. The van der Waals surface area contributed by atoms with E-state index in [1.165, 1.54) is 0 Å². The van der Waals surface area contributed by atoms with Gasteiger partial charge >= 0.3 is 0 Å². The second-order valence-corrected chi connectivity index (χ2v) is 6.14. The molecule has 8 nitrogen and oxygen atoms in total. The van der Waals surface area contributed by atoms with Gasteiger partial charge in [-0.3, -0.25) is 9.78 Å². The number of carbonyl (C=O) groups is 1. The molecule has 0 aliphatic rings. The SMILES string of the molecule is COc1ccc(CCNc2nccc(C(=O)NCc3ccccn3)n2)cc1OC. The van der Waals surface area contributed by atoms with E-state index >= 15 is 0 Å². The highest BCUT2D eigenvalue weighted by Crippen LogP contribution is 2.27. The van der Waals surface area contributed by atoms with Gasteiger partial charge in [0.05, 0.1) is 26.5 Å². The van der Waals surface area contributed by atoms with E-state index in [0.717, 1.165) is 17.7 Å². The molecule has 0 saturated heterocycles. The van der Waals surface area contributed by atoms with E-state index in [-0.39, 0.29) is 5.91 Å². The Morgan fingerprint density at radius 3 is 2.62 bits per heavy atom. The molecule has 0 bridgehead atoms. The van der Waals surface area contributed by atoms with Crippen LogP contribution in [0.4, 0.5) is 5.95 Å². The minimum Gasteiger partial charge on any atom is -0.493 e. The zero-order valence-corrected chi connectivity index (χ0v) is 16.4. The number of anilines is 1. The van der Waals surface area contributed by atoms with Crippen LogP contribution in [-0.2, 0) is 13.0 Å². The van der Waals surface area contributed by atoms with Crippen molar-refractivity contribution in [2.45, 2.75) is 13.0 Å². The average molecular weight is 393 g/mol. The third-order valence-corrected chi connectivity index (χ3v) is 4.19. The first-order valence-electron chi connectivity index (χ1n) is 9.15. The molecule has 2 heterocycles. The lowest BCUT2D eigenvalue weighted by Gasteiger charge is -2.10. The van der Waals surface area contributed by atoms with Crippen molar-refractivity contribution in [3.63, 3.8) is 0 Å². The van der Waals surface area contributed by atoms with E-state index in [4.69, 9.17) is 9.47 Å².